The van der Waals surface area contributed by atoms with Gasteiger partial charge in [-0.05, 0) is 42.5 Å². The zero-order valence-corrected chi connectivity index (χ0v) is 12.0. The lowest BCUT2D eigenvalue weighted by atomic mass is 9.72. The summed E-state index contributed by atoms with van der Waals surface area (Å²) in [5.74, 6) is -0.697. The van der Waals surface area contributed by atoms with Gasteiger partial charge >= 0.3 is 5.97 Å². The summed E-state index contributed by atoms with van der Waals surface area (Å²) in [6.45, 7) is 8.04. The van der Waals surface area contributed by atoms with E-state index in [0.717, 1.165) is 18.7 Å². The van der Waals surface area contributed by atoms with Crippen molar-refractivity contribution in [3.63, 3.8) is 0 Å². The SMILES string of the molecule is CC(C)(C)c1ccc(C2(C(=O)O)CCNCC2)cc1. The minimum absolute atomic E-state index is 0.100. The van der Waals surface area contributed by atoms with E-state index in [0.29, 0.717) is 12.8 Å². The van der Waals surface area contributed by atoms with Gasteiger partial charge in [0.1, 0.15) is 0 Å². The quantitative estimate of drug-likeness (QED) is 0.860. The van der Waals surface area contributed by atoms with Gasteiger partial charge in [0.25, 0.3) is 0 Å². The number of benzene rings is 1. The zero-order chi connectivity index (χ0) is 14.1. The summed E-state index contributed by atoms with van der Waals surface area (Å²) in [6, 6.07) is 8.14. The smallest absolute Gasteiger partial charge is 0.314 e. The maximum Gasteiger partial charge on any atom is 0.314 e. The van der Waals surface area contributed by atoms with Crippen LogP contribution in [0.2, 0.25) is 0 Å². The molecule has 1 aliphatic rings. The van der Waals surface area contributed by atoms with E-state index in [1.54, 1.807) is 0 Å². The molecule has 1 aliphatic heterocycles. The largest absolute Gasteiger partial charge is 0.481 e. The average molecular weight is 261 g/mol. The van der Waals surface area contributed by atoms with Crippen LogP contribution in [-0.4, -0.2) is 24.2 Å². The van der Waals surface area contributed by atoms with Crippen molar-refractivity contribution in [2.24, 2.45) is 0 Å². The van der Waals surface area contributed by atoms with Crippen LogP contribution >= 0.6 is 0 Å². The van der Waals surface area contributed by atoms with Crippen molar-refractivity contribution >= 4 is 5.97 Å². The second-order valence-corrected chi connectivity index (χ2v) is 6.46. The van der Waals surface area contributed by atoms with Crippen LogP contribution in [0.5, 0.6) is 0 Å². The fourth-order valence-corrected chi connectivity index (χ4v) is 2.77. The van der Waals surface area contributed by atoms with Crippen molar-refractivity contribution in [1.29, 1.82) is 0 Å². The van der Waals surface area contributed by atoms with Gasteiger partial charge < -0.3 is 10.4 Å². The van der Waals surface area contributed by atoms with Gasteiger partial charge in [0, 0.05) is 0 Å². The Kier molecular flexibility index (Phi) is 3.68. The minimum Gasteiger partial charge on any atom is -0.481 e. The molecule has 0 amide bonds. The molecule has 104 valence electrons. The van der Waals surface area contributed by atoms with Gasteiger partial charge in [-0.15, -0.1) is 0 Å². The third-order valence-electron chi connectivity index (χ3n) is 4.17. The maximum absolute atomic E-state index is 11.7. The van der Waals surface area contributed by atoms with Gasteiger partial charge in [0.15, 0.2) is 0 Å². The molecule has 1 fully saturated rings. The van der Waals surface area contributed by atoms with Crippen LogP contribution in [0.3, 0.4) is 0 Å². The molecule has 1 heterocycles. The summed E-state index contributed by atoms with van der Waals surface area (Å²) in [5, 5.41) is 12.9. The predicted octanol–water partition coefficient (Wildman–Crippen LogP) is 2.69. The number of piperidine rings is 1. The van der Waals surface area contributed by atoms with E-state index in [4.69, 9.17) is 0 Å². The number of rotatable bonds is 2. The standard InChI is InChI=1S/C16H23NO2/c1-15(2,3)12-4-6-13(7-5-12)16(14(18)19)8-10-17-11-9-16/h4-7,17H,8-11H2,1-3H3,(H,18,19). The van der Waals surface area contributed by atoms with E-state index in [9.17, 15) is 9.90 Å². The number of carboxylic acids is 1. The lowest BCUT2D eigenvalue weighted by Crippen LogP contribution is -2.45. The molecule has 0 atom stereocenters. The van der Waals surface area contributed by atoms with Crippen molar-refractivity contribution < 1.29 is 9.90 Å². The fraction of sp³-hybridized carbons (Fsp3) is 0.562. The van der Waals surface area contributed by atoms with E-state index >= 15 is 0 Å². The number of hydrogen-bond donors (Lipinski definition) is 2. The van der Waals surface area contributed by atoms with Crippen molar-refractivity contribution in [3.05, 3.63) is 35.4 Å². The molecule has 2 rings (SSSR count). The van der Waals surface area contributed by atoms with Gasteiger partial charge in [0.05, 0.1) is 5.41 Å². The van der Waals surface area contributed by atoms with Crippen LogP contribution in [0, 0.1) is 0 Å². The molecule has 3 heteroatoms. The Morgan fingerprint density at radius 2 is 1.68 bits per heavy atom. The van der Waals surface area contributed by atoms with E-state index in [-0.39, 0.29) is 5.41 Å². The first kappa shape index (κ1) is 14.1. The second-order valence-electron chi connectivity index (χ2n) is 6.46. The number of nitrogens with one attached hydrogen (secondary N) is 1. The minimum atomic E-state index is -0.707. The van der Waals surface area contributed by atoms with Crippen molar-refractivity contribution in [1.82, 2.24) is 5.32 Å². The summed E-state index contributed by atoms with van der Waals surface area (Å²) in [6.07, 6.45) is 1.33. The lowest BCUT2D eigenvalue weighted by Gasteiger charge is -2.34. The Hall–Kier alpha value is -1.35. The molecule has 0 bridgehead atoms. The van der Waals surface area contributed by atoms with Crippen LogP contribution in [0.25, 0.3) is 0 Å². The molecule has 1 aromatic carbocycles. The molecule has 0 saturated carbocycles. The van der Waals surface area contributed by atoms with Crippen molar-refractivity contribution in [3.8, 4) is 0 Å². The molecule has 2 N–H and O–H groups in total. The van der Waals surface area contributed by atoms with E-state index < -0.39 is 11.4 Å². The molecule has 19 heavy (non-hydrogen) atoms. The average Bonchev–Trinajstić information content (AvgIpc) is 2.38. The first-order valence-corrected chi connectivity index (χ1v) is 6.91. The lowest BCUT2D eigenvalue weighted by molar-refractivity contribution is -0.145. The summed E-state index contributed by atoms with van der Waals surface area (Å²) < 4.78 is 0. The first-order valence-electron chi connectivity index (χ1n) is 6.91. The Labute approximate surface area is 115 Å². The molecular weight excluding hydrogens is 238 g/mol. The Balaban J connectivity index is 2.36. The third-order valence-corrected chi connectivity index (χ3v) is 4.17. The normalized spacial score (nSPS) is 19.1. The molecule has 0 radical (unpaired) electrons. The molecule has 0 aromatic heterocycles. The molecule has 0 aliphatic carbocycles. The highest BCUT2D eigenvalue weighted by Gasteiger charge is 2.41. The topological polar surface area (TPSA) is 49.3 Å². The molecule has 0 unspecified atom stereocenters. The van der Waals surface area contributed by atoms with Gasteiger partial charge in [-0.3, -0.25) is 4.79 Å². The van der Waals surface area contributed by atoms with Gasteiger partial charge in [0.2, 0.25) is 0 Å². The zero-order valence-electron chi connectivity index (χ0n) is 12.0. The number of hydrogen-bond acceptors (Lipinski definition) is 2. The summed E-state index contributed by atoms with van der Waals surface area (Å²) in [5.41, 5.74) is 1.57. The highest BCUT2D eigenvalue weighted by molar-refractivity contribution is 5.81. The van der Waals surface area contributed by atoms with E-state index in [2.05, 4.69) is 38.2 Å². The van der Waals surface area contributed by atoms with Gasteiger partial charge in [-0.1, -0.05) is 45.0 Å². The molecular formula is C16H23NO2. The molecule has 1 aromatic rings. The van der Waals surface area contributed by atoms with Crippen LogP contribution in [0.1, 0.15) is 44.7 Å². The van der Waals surface area contributed by atoms with Crippen molar-refractivity contribution in [2.45, 2.75) is 44.4 Å². The van der Waals surface area contributed by atoms with Crippen LogP contribution in [0.15, 0.2) is 24.3 Å². The maximum atomic E-state index is 11.7. The number of carbonyl (C=O) groups is 1. The Morgan fingerprint density at radius 1 is 1.16 bits per heavy atom. The first-order chi connectivity index (χ1) is 8.86. The van der Waals surface area contributed by atoms with Crippen LogP contribution < -0.4 is 5.32 Å². The van der Waals surface area contributed by atoms with Crippen LogP contribution in [-0.2, 0) is 15.6 Å². The monoisotopic (exact) mass is 261 g/mol. The summed E-state index contributed by atoms with van der Waals surface area (Å²) >= 11 is 0. The van der Waals surface area contributed by atoms with E-state index in [1.807, 2.05) is 12.1 Å². The fourth-order valence-electron chi connectivity index (χ4n) is 2.77. The predicted molar refractivity (Wildman–Crippen MR) is 76.6 cm³/mol. The van der Waals surface area contributed by atoms with Crippen LogP contribution in [0.4, 0.5) is 0 Å². The number of carboxylic acid groups (broad SMARTS) is 1. The Morgan fingerprint density at radius 3 is 2.11 bits per heavy atom. The van der Waals surface area contributed by atoms with Gasteiger partial charge in [-0.2, -0.15) is 0 Å². The summed E-state index contributed by atoms with van der Waals surface area (Å²) in [4.78, 5) is 11.7. The van der Waals surface area contributed by atoms with Crippen molar-refractivity contribution in [2.75, 3.05) is 13.1 Å². The number of aliphatic carboxylic acids is 1. The molecule has 0 spiro atoms. The molecule has 1 saturated heterocycles. The van der Waals surface area contributed by atoms with E-state index in [1.165, 1.54) is 5.56 Å². The third kappa shape index (κ3) is 2.66. The van der Waals surface area contributed by atoms with Gasteiger partial charge in [-0.25, -0.2) is 0 Å². The summed E-state index contributed by atoms with van der Waals surface area (Å²) in [7, 11) is 0. The molecule has 3 nitrogen and oxygen atoms in total. The highest BCUT2D eigenvalue weighted by Crippen LogP contribution is 2.35. The Bertz CT molecular complexity index is 451. The highest BCUT2D eigenvalue weighted by atomic mass is 16.4. The second kappa shape index (κ2) is 4.97.